The van der Waals surface area contributed by atoms with Crippen molar-refractivity contribution < 1.29 is 9.59 Å². The number of hydrogen-bond acceptors (Lipinski definition) is 4. The molecule has 0 unspecified atom stereocenters. The van der Waals surface area contributed by atoms with Crippen molar-refractivity contribution in [2.45, 2.75) is 17.7 Å². The fraction of sp³-hybridized carbons (Fsp3) is 0.333. The summed E-state index contributed by atoms with van der Waals surface area (Å²) in [5.41, 5.74) is 6.22. The molecule has 1 aliphatic heterocycles. The van der Waals surface area contributed by atoms with Gasteiger partial charge in [-0.25, -0.2) is 0 Å². The third-order valence-corrected chi connectivity index (χ3v) is 4.16. The molecule has 4 nitrogen and oxygen atoms in total. The Bertz CT molecular complexity index is 477. The summed E-state index contributed by atoms with van der Waals surface area (Å²) in [5.74, 6) is 0.481. The summed E-state index contributed by atoms with van der Waals surface area (Å²) in [4.78, 5) is 25.0. The summed E-state index contributed by atoms with van der Waals surface area (Å²) in [6.07, 6.45) is 0.679. The van der Waals surface area contributed by atoms with E-state index in [0.717, 1.165) is 4.90 Å². The van der Waals surface area contributed by atoms with Gasteiger partial charge in [-0.1, -0.05) is 11.6 Å². The topological polar surface area (TPSA) is 63.4 Å². The maximum atomic E-state index is 11.4. The number of anilines is 1. The van der Waals surface area contributed by atoms with Crippen LogP contribution >= 0.6 is 23.4 Å². The van der Waals surface area contributed by atoms with Crippen LogP contribution in [0.5, 0.6) is 0 Å². The van der Waals surface area contributed by atoms with E-state index in [9.17, 15) is 9.59 Å². The highest BCUT2D eigenvalue weighted by atomic mass is 35.5. The maximum Gasteiger partial charge on any atom is 0.229 e. The summed E-state index contributed by atoms with van der Waals surface area (Å²) >= 11 is 7.55. The van der Waals surface area contributed by atoms with Gasteiger partial charge in [0.25, 0.3) is 0 Å². The van der Waals surface area contributed by atoms with Gasteiger partial charge in [-0.2, -0.15) is 0 Å². The van der Waals surface area contributed by atoms with Crippen LogP contribution in [0, 0.1) is 0 Å². The van der Waals surface area contributed by atoms with Crippen molar-refractivity contribution in [2.75, 3.05) is 18.0 Å². The van der Waals surface area contributed by atoms with Crippen LogP contribution in [0.3, 0.4) is 0 Å². The molecule has 96 valence electrons. The van der Waals surface area contributed by atoms with Crippen molar-refractivity contribution in [3.63, 3.8) is 0 Å². The molecule has 18 heavy (non-hydrogen) atoms. The van der Waals surface area contributed by atoms with E-state index in [4.69, 9.17) is 17.3 Å². The first-order valence-corrected chi connectivity index (χ1v) is 6.95. The number of nitrogens with two attached hydrogens (primary N) is 1. The highest BCUT2D eigenvalue weighted by Crippen LogP contribution is 2.29. The van der Waals surface area contributed by atoms with Gasteiger partial charge in [0.05, 0.1) is 5.02 Å². The molecule has 2 N–H and O–H groups in total. The van der Waals surface area contributed by atoms with Gasteiger partial charge < -0.3 is 5.73 Å². The van der Waals surface area contributed by atoms with Crippen LogP contribution < -0.4 is 5.73 Å². The largest absolute Gasteiger partial charge is 0.399 e. The van der Waals surface area contributed by atoms with Crippen LogP contribution in [0.4, 0.5) is 5.69 Å². The molecule has 0 spiro atoms. The Morgan fingerprint density at radius 2 is 1.94 bits per heavy atom. The van der Waals surface area contributed by atoms with E-state index in [1.807, 2.05) is 6.07 Å². The molecule has 1 saturated heterocycles. The molecule has 1 fully saturated rings. The lowest BCUT2D eigenvalue weighted by Crippen LogP contribution is -2.31. The Morgan fingerprint density at radius 3 is 2.56 bits per heavy atom. The molecule has 0 aliphatic carbocycles. The third kappa shape index (κ3) is 2.97. The summed E-state index contributed by atoms with van der Waals surface area (Å²) < 4.78 is 0. The monoisotopic (exact) mass is 284 g/mol. The molecule has 1 aromatic rings. The fourth-order valence-corrected chi connectivity index (χ4v) is 2.96. The first kappa shape index (κ1) is 13.2. The van der Waals surface area contributed by atoms with Crippen molar-refractivity contribution in [2.24, 2.45) is 0 Å². The predicted molar refractivity (Wildman–Crippen MR) is 72.5 cm³/mol. The number of likely N-dealkylation sites (tertiary alicyclic amines) is 1. The van der Waals surface area contributed by atoms with Crippen molar-refractivity contribution in [1.82, 2.24) is 4.90 Å². The van der Waals surface area contributed by atoms with E-state index in [-0.39, 0.29) is 11.8 Å². The Balaban J connectivity index is 1.88. The number of nitrogens with zero attached hydrogens (tertiary/aromatic N) is 1. The molecule has 0 atom stereocenters. The van der Waals surface area contributed by atoms with Crippen LogP contribution in [0.2, 0.25) is 5.02 Å². The van der Waals surface area contributed by atoms with Gasteiger partial charge in [0.2, 0.25) is 11.8 Å². The van der Waals surface area contributed by atoms with Crippen molar-refractivity contribution in [3.8, 4) is 0 Å². The van der Waals surface area contributed by atoms with Crippen LogP contribution in [-0.2, 0) is 9.59 Å². The SMILES string of the molecule is Nc1ccc(SCCN2C(=O)CCC2=O)c(Cl)c1. The van der Waals surface area contributed by atoms with Crippen LogP contribution in [-0.4, -0.2) is 29.0 Å². The molecule has 2 rings (SSSR count). The Hall–Kier alpha value is -1.20. The zero-order valence-corrected chi connectivity index (χ0v) is 11.3. The Labute approximate surface area is 114 Å². The van der Waals surface area contributed by atoms with Crippen molar-refractivity contribution >= 4 is 40.9 Å². The van der Waals surface area contributed by atoms with Gasteiger partial charge in [-0.05, 0) is 18.2 Å². The number of rotatable bonds is 4. The normalized spacial score (nSPS) is 15.5. The lowest BCUT2D eigenvalue weighted by Gasteiger charge is -2.13. The average molecular weight is 285 g/mol. The molecular formula is C12H13ClN2O2S. The Morgan fingerprint density at radius 1 is 1.28 bits per heavy atom. The van der Waals surface area contributed by atoms with E-state index < -0.39 is 0 Å². The number of carbonyl (C=O) groups excluding carboxylic acids is 2. The molecule has 0 radical (unpaired) electrons. The Kier molecular flexibility index (Phi) is 4.14. The minimum absolute atomic E-state index is 0.0796. The van der Waals surface area contributed by atoms with E-state index in [0.29, 0.717) is 35.8 Å². The lowest BCUT2D eigenvalue weighted by atomic mass is 10.3. The zero-order valence-electron chi connectivity index (χ0n) is 9.69. The van der Waals surface area contributed by atoms with E-state index >= 15 is 0 Å². The number of thioether (sulfide) groups is 1. The number of halogens is 1. The van der Waals surface area contributed by atoms with Gasteiger partial charge in [0.1, 0.15) is 0 Å². The standard InChI is InChI=1S/C12H13ClN2O2S/c13-9-7-8(14)1-2-10(9)18-6-5-15-11(16)3-4-12(15)17/h1-2,7H,3-6,14H2. The van der Waals surface area contributed by atoms with E-state index in [1.165, 1.54) is 16.7 Å². The number of amides is 2. The first-order chi connectivity index (χ1) is 8.58. The second kappa shape index (κ2) is 5.63. The number of benzene rings is 1. The second-order valence-corrected chi connectivity index (χ2v) is 5.52. The van der Waals surface area contributed by atoms with Gasteiger partial charge in [-0.3, -0.25) is 14.5 Å². The number of hydrogen-bond donors (Lipinski definition) is 1. The number of nitrogen functional groups attached to an aromatic ring is 1. The molecule has 0 saturated carbocycles. The minimum Gasteiger partial charge on any atom is -0.399 e. The van der Waals surface area contributed by atoms with Gasteiger partial charge in [0, 0.05) is 35.7 Å². The average Bonchev–Trinajstić information content (AvgIpc) is 2.63. The zero-order chi connectivity index (χ0) is 13.1. The molecule has 2 amide bonds. The van der Waals surface area contributed by atoms with E-state index in [2.05, 4.69) is 0 Å². The van der Waals surface area contributed by atoms with Gasteiger partial charge >= 0.3 is 0 Å². The van der Waals surface area contributed by atoms with Crippen molar-refractivity contribution in [1.29, 1.82) is 0 Å². The van der Waals surface area contributed by atoms with E-state index in [1.54, 1.807) is 12.1 Å². The number of imide groups is 1. The minimum atomic E-state index is -0.0796. The highest BCUT2D eigenvalue weighted by molar-refractivity contribution is 7.99. The summed E-state index contributed by atoms with van der Waals surface area (Å²) in [5, 5.41) is 0.596. The predicted octanol–water partition coefficient (Wildman–Crippen LogP) is 2.16. The summed E-state index contributed by atoms with van der Waals surface area (Å²) in [6.45, 7) is 0.434. The molecule has 0 aromatic heterocycles. The van der Waals surface area contributed by atoms with Crippen LogP contribution in [0.15, 0.2) is 23.1 Å². The third-order valence-electron chi connectivity index (χ3n) is 2.68. The maximum absolute atomic E-state index is 11.4. The van der Waals surface area contributed by atoms with Crippen LogP contribution in [0.25, 0.3) is 0 Å². The number of carbonyl (C=O) groups is 2. The smallest absolute Gasteiger partial charge is 0.229 e. The van der Waals surface area contributed by atoms with Gasteiger partial charge in [-0.15, -0.1) is 11.8 Å². The molecule has 1 aliphatic rings. The first-order valence-electron chi connectivity index (χ1n) is 5.59. The fourth-order valence-electron chi connectivity index (χ4n) is 1.75. The molecule has 6 heteroatoms. The highest BCUT2D eigenvalue weighted by Gasteiger charge is 2.28. The molecule has 0 bridgehead atoms. The summed E-state index contributed by atoms with van der Waals surface area (Å²) in [6, 6.07) is 5.31. The molecular weight excluding hydrogens is 272 g/mol. The second-order valence-electron chi connectivity index (χ2n) is 3.98. The molecule has 1 heterocycles. The lowest BCUT2D eigenvalue weighted by molar-refractivity contribution is -0.137. The quantitative estimate of drug-likeness (QED) is 0.523. The van der Waals surface area contributed by atoms with Gasteiger partial charge in [0.15, 0.2) is 0 Å². The summed E-state index contributed by atoms with van der Waals surface area (Å²) in [7, 11) is 0. The molecule has 1 aromatic carbocycles. The van der Waals surface area contributed by atoms with Crippen LogP contribution in [0.1, 0.15) is 12.8 Å². The van der Waals surface area contributed by atoms with Crippen molar-refractivity contribution in [3.05, 3.63) is 23.2 Å².